The zero-order valence-electron chi connectivity index (χ0n) is 14.9. The number of piperidine rings is 1. The maximum Gasteiger partial charge on any atom is 0.293 e. The van der Waals surface area contributed by atoms with Gasteiger partial charge in [-0.1, -0.05) is 43.1 Å². The second kappa shape index (κ2) is 7.72. The summed E-state index contributed by atoms with van der Waals surface area (Å²) in [6.07, 6.45) is 0.759. The van der Waals surface area contributed by atoms with E-state index in [2.05, 4.69) is 23.9 Å². The summed E-state index contributed by atoms with van der Waals surface area (Å²) >= 11 is 12.5. The Labute approximate surface area is 169 Å². The Balaban J connectivity index is 0.00000243. The number of aromatic nitrogens is 3. The van der Waals surface area contributed by atoms with Gasteiger partial charge >= 0.3 is 0 Å². The second-order valence-electron chi connectivity index (χ2n) is 7.08. The Hall–Kier alpha value is -1.34. The Morgan fingerprint density at radius 2 is 1.92 bits per heavy atom. The Bertz CT molecular complexity index is 800. The Morgan fingerprint density at radius 3 is 2.50 bits per heavy atom. The second-order valence-corrected chi connectivity index (χ2v) is 7.89. The van der Waals surface area contributed by atoms with Crippen LogP contribution in [0.1, 0.15) is 36.7 Å². The van der Waals surface area contributed by atoms with Gasteiger partial charge in [0, 0.05) is 19.1 Å². The Kier molecular flexibility index (Phi) is 6.23. The number of likely N-dealkylation sites (tertiary alicyclic amines) is 1. The van der Waals surface area contributed by atoms with Crippen molar-refractivity contribution >= 4 is 41.5 Å². The number of benzene rings is 1. The number of rotatable bonds is 2. The lowest BCUT2D eigenvalue weighted by Crippen LogP contribution is -2.54. The standard InChI is InChI=1S/C17H21Cl2N5O.ClH/c1-10-21-15(16(25)23-8-7-13(20)17(2,3)9-23)22-24(10)14-11(18)5-4-6-12(14)19;/h4-6,13H,7-9,20H2,1-3H3;1H. The van der Waals surface area contributed by atoms with Crippen LogP contribution in [0.5, 0.6) is 0 Å². The molecule has 0 bridgehead atoms. The fourth-order valence-electron chi connectivity index (χ4n) is 3.07. The molecule has 1 atom stereocenters. The summed E-state index contributed by atoms with van der Waals surface area (Å²) in [5, 5.41) is 5.26. The van der Waals surface area contributed by atoms with Gasteiger partial charge < -0.3 is 10.6 Å². The van der Waals surface area contributed by atoms with Gasteiger partial charge in [0.05, 0.1) is 10.0 Å². The van der Waals surface area contributed by atoms with Crippen LogP contribution in [0.3, 0.4) is 0 Å². The zero-order chi connectivity index (χ0) is 18.4. The summed E-state index contributed by atoms with van der Waals surface area (Å²) in [6.45, 7) is 7.08. The molecule has 1 amide bonds. The molecule has 2 aromatic rings. The van der Waals surface area contributed by atoms with Crippen molar-refractivity contribution in [2.24, 2.45) is 11.1 Å². The lowest BCUT2D eigenvalue weighted by Gasteiger charge is -2.42. The summed E-state index contributed by atoms with van der Waals surface area (Å²) in [5.41, 5.74) is 6.53. The molecule has 1 aliphatic heterocycles. The first-order valence-corrected chi connectivity index (χ1v) is 8.89. The molecule has 142 valence electrons. The molecule has 1 aliphatic rings. The van der Waals surface area contributed by atoms with Gasteiger partial charge in [-0.3, -0.25) is 4.79 Å². The van der Waals surface area contributed by atoms with Crippen LogP contribution in [0.4, 0.5) is 0 Å². The largest absolute Gasteiger partial charge is 0.335 e. The van der Waals surface area contributed by atoms with E-state index in [4.69, 9.17) is 28.9 Å². The fraction of sp³-hybridized carbons (Fsp3) is 0.471. The number of aryl methyl sites for hydroxylation is 1. The fourth-order valence-corrected chi connectivity index (χ4v) is 3.63. The summed E-state index contributed by atoms with van der Waals surface area (Å²) in [7, 11) is 0. The lowest BCUT2D eigenvalue weighted by molar-refractivity contribution is 0.0521. The van der Waals surface area contributed by atoms with Crippen LogP contribution in [-0.4, -0.2) is 44.7 Å². The Morgan fingerprint density at radius 1 is 1.31 bits per heavy atom. The molecule has 0 saturated carbocycles. The van der Waals surface area contributed by atoms with Gasteiger partial charge in [-0.15, -0.1) is 17.5 Å². The van der Waals surface area contributed by atoms with Crippen LogP contribution in [0.2, 0.25) is 10.0 Å². The summed E-state index contributed by atoms with van der Waals surface area (Å²) < 4.78 is 1.51. The average Bonchev–Trinajstić information content (AvgIpc) is 2.91. The third-order valence-corrected chi connectivity index (χ3v) is 5.32. The van der Waals surface area contributed by atoms with Crippen LogP contribution in [0, 0.1) is 12.3 Å². The van der Waals surface area contributed by atoms with Gasteiger partial charge in [0.1, 0.15) is 11.5 Å². The molecular weight excluding hydrogens is 397 g/mol. The van der Waals surface area contributed by atoms with Crippen molar-refractivity contribution in [3.05, 3.63) is 39.9 Å². The molecule has 0 aliphatic carbocycles. The molecule has 2 N–H and O–H groups in total. The van der Waals surface area contributed by atoms with E-state index in [1.54, 1.807) is 30.0 Å². The van der Waals surface area contributed by atoms with E-state index in [-0.39, 0.29) is 35.6 Å². The minimum atomic E-state index is -0.204. The number of halogens is 3. The van der Waals surface area contributed by atoms with Gasteiger partial charge in [0.25, 0.3) is 5.91 Å². The molecule has 0 radical (unpaired) electrons. The molecule has 1 aromatic carbocycles. The van der Waals surface area contributed by atoms with Gasteiger partial charge in [-0.25, -0.2) is 9.67 Å². The summed E-state index contributed by atoms with van der Waals surface area (Å²) in [5.74, 6) is 0.482. The molecule has 6 nitrogen and oxygen atoms in total. The smallest absolute Gasteiger partial charge is 0.293 e. The number of carbonyl (C=O) groups is 1. The summed E-state index contributed by atoms with van der Waals surface area (Å²) in [4.78, 5) is 18.9. The molecule has 1 fully saturated rings. The third kappa shape index (κ3) is 3.83. The van der Waals surface area contributed by atoms with Crippen molar-refractivity contribution in [1.82, 2.24) is 19.7 Å². The van der Waals surface area contributed by atoms with Crippen LogP contribution >= 0.6 is 35.6 Å². The molecule has 26 heavy (non-hydrogen) atoms. The molecule has 1 unspecified atom stereocenters. The van der Waals surface area contributed by atoms with E-state index in [9.17, 15) is 4.79 Å². The van der Waals surface area contributed by atoms with E-state index in [1.807, 2.05) is 0 Å². The number of nitrogens with zero attached hydrogens (tertiary/aromatic N) is 4. The summed E-state index contributed by atoms with van der Waals surface area (Å²) in [6, 6.07) is 5.27. The van der Waals surface area contributed by atoms with Crippen LogP contribution < -0.4 is 5.73 Å². The maximum atomic E-state index is 12.8. The first kappa shape index (κ1) is 21.0. The van der Waals surface area contributed by atoms with E-state index in [1.165, 1.54) is 4.68 Å². The lowest BCUT2D eigenvalue weighted by atomic mass is 9.79. The first-order valence-electron chi connectivity index (χ1n) is 8.13. The highest BCUT2D eigenvalue weighted by atomic mass is 35.5. The van der Waals surface area contributed by atoms with Crippen LogP contribution in [0.15, 0.2) is 18.2 Å². The number of hydrogen-bond acceptors (Lipinski definition) is 4. The SMILES string of the molecule is Cc1nc(C(=O)N2CCC(N)C(C)(C)C2)nn1-c1c(Cl)cccc1Cl.Cl. The molecule has 1 saturated heterocycles. The van der Waals surface area contributed by atoms with Gasteiger partial charge in [0.2, 0.25) is 5.82 Å². The molecule has 2 heterocycles. The monoisotopic (exact) mass is 417 g/mol. The van der Waals surface area contributed by atoms with Crippen LogP contribution in [-0.2, 0) is 0 Å². The maximum absolute atomic E-state index is 12.8. The number of para-hydroxylation sites is 1. The minimum absolute atomic E-state index is 0. The van der Waals surface area contributed by atoms with Crippen molar-refractivity contribution < 1.29 is 4.79 Å². The number of hydrogen-bond donors (Lipinski definition) is 1. The van der Waals surface area contributed by atoms with Gasteiger partial charge in [0.15, 0.2) is 0 Å². The van der Waals surface area contributed by atoms with Crippen molar-refractivity contribution in [3.63, 3.8) is 0 Å². The topological polar surface area (TPSA) is 77.0 Å². The highest BCUT2D eigenvalue weighted by Crippen LogP contribution is 2.30. The number of carbonyl (C=O) groups excluding carboxylic acids is 1. The van der Waals surface area contributed by atoms with Crippen molar-refractivity contribution in [1.29, 1.82) is 0 Å². The molecular formula is C17H22Cl3N5O. The van der Waals surface area contributed by atoms with E-state index >= 15 is 0 Å². The molecule has 0 spiro atoms. The van der Waals surface area contributed by atoms with Crippen molar-refractivity contribution in [2.45, 2.75) is 33.2 Å². The quantitative estimate of drug-likeness (QED) is 0.809. The molecule has 9 heteroatoms. The average molecular weight is 419 g/mol. The zero-order valence-corrected chi connectivity index (χ0v) is 17.2. The van der Waals surface area contributed by atoms with E-state index in [0.29, 0.717) is 34.6 Å². The highest BCUT2D eigenvalue weighted by Gasteiger charge is 2.36. The van der Waals surface area contributed by atoms with Gasteiger partial charge in [-0.05, 0) is 30.9 Å². The number of amides is 1. The van der Waals surface area contributed by atoms with E-state index < -0.39 is 0 Å². The van der Waals surface area contributed by atoms with Crippen molar-refractivity contribution in [2.75, 3.05) is 13.1 Å². The van der Waals surface area contributed by atoms with Crippen LogP contribution in [0.25, 0.3) is 5.69 Å². The minimum Gasteiger partial charge on any atom is -0.335 e. The molecule has 1 aromatic heterocycles. The highest BCUT2D eigenvalue weighted by molar-refractivity contribution is 6.37. The van der Waals surface area contributed by atoms with E-state index in [0.717, 1.165) is 6.42 Å². The predicted octanol–water partition coefficient (Wildman–Crippen LogP) is 3.50. The van der Waals surface area contributed by atoms with Crippen molar-refractivity contribution in [3.8, 4) is 5.69 Å². The number of nitrogens with two attached hydrogens (primary N) is 1. The predicted molar refractivity (Wildman–Crippen MR) is 106 cm³/mol. The molecule has 3 rings (SSSR count). The third-order valence-electron chi connectivity index (χ3n) is 4.71. The van der Waals surface area contributed by atoms with Gasteiger partial charge in [-0.2, -0.15) is 0 Å². The first-order chi connectivity index (χ1) is 11.7. The normalized spacial score (nSPS) is 19.2.